The first-order chi connectivity index (χ1) is 13.4. The number of hydrogen-bond donors (Lipinski definition) is 0. The van der Waals surface area contributed by atoms with Crippen LogP contribution >= 0.6 is 22.9 Å². The highest BCUT2D eigenvalue weighted by Gasteiger charge is 2.17. The lowest BCUT2D eigenvalue weighted by Crippen LogP contribution is -2.22. The molecule has 1 aromatic carbocycles. The lowest BCUT2D eigenvalue weighted by molar-refractivity contribution is -0.141. The van der Waals surface area contributed by atoms with Crippen molar-refractivity contribution in [3.8, 4) is 0 Å². The van der Waals surface area contributed by atoms with Gasteiger partial charge in [0.25, 0.3) is 5.91 Å². The number of benzene rings is 1. The number of amides is 1. The van der Waals surface area contributed by atoms with Gasteiger partial charge in [0.1, 0.15) is 11.4 Å². The quantitative estimate of drug-likeness (QED) is 0.580. The number of aryl methyl sites for hydroxylation is 1. The van der Waals surface area contributed by atoms with Crippen LogP contribution in [0.3, 0.4) is 0 Å². The molecule has 0 saturated heterocycles. The number of esters is 2. The van der Waals surface area contributed by atoms with Gasteiger partial charge >= 0.3 is 11.9 Å². The van der Waals surface area contributed by atoms with Crippen LogP contribution in [0.1, 0.15) is 32.6 Å². The summed E-state index contributed by atoms with van der Waals surface area (Å²) in [6, 6.07) is 4.93. The summed E-state index contributed by atoms with van der Waals surface area (Å²) in [7, 11) is 1.28. The summed E-state index contributed by atoms with van der Waals surface area (Å²) in [5, 5.41) is 3.81. The lowest BCUT2D eigenvalue weighted by atomic mass is 10.2. The van der Waals surface area contributed by atoms with E-state index in [-0.39, 0.29) is 13.2 Å². The number of ether oxygens (including phenoxy) is 2. The van der Waals surface area contributed by atoms with Crippen molar-refractivity contribution >= 4 is 50.9 Å². The molecule has 9 nitrogen and oxygen atoms in total. The van der Waals surface area contributed by atoms with Crippen LogP contribution in [-0.4, -0.2) is 45.7 Å². The van der Waals surface area contributed by atoms with E-state index in [0.29, 0.717) is 31.2 Å². The molecule has 0 aliphatic heterocycles. The molecule has 0 saturated carbocycles. The van der Waals surface area contributed by atoms with Gasteiger partial charge < -0.3 is 14.0 Å². The molecule has 0 fully saturated rings. The number of carbonyl (C=O) groups excluding carboxylic acids is 3. The Balaban J connectivity index is 2.13. The van der Waals surface area contributed by atoms with E-state index < -0.39 is 17.8 Å². The highest BCUT2D eigenvalue weighted by molar-refractivity contribution is 7.16. The Morgan fingerprint density at radius 2 is 2.07 bits per heavy atom. The van der Waals surface area contributed by atoms with Gasteiger partial charge in [-0.3, -0.25) is 9.59 Å². The van der Waals surface area contributed by atoms with Crippen molar-refractivity contribution in [1.82, 2.24) is 14.2 Å². The first-order valence-electron chi connectivity index (χ1n) is 8.20. The standard InChI is InChI=1S/C17H16N4O5S2/c1-4-26-16(24)10-5-6-11-12(7-10)27-17(21(11)8-13(22)25-3)18-15(23)14-9(2)19-20-28-14/h5-7H,4,8H2,1-3H3. The van der Waals surface area contributed by atoms with Gasteiger partial charge in [0.2, 0.25) is 0 Å². The molecule has 0 radical (unpaired) electrons. The van der Waals surface area contributed by atoms with Crippen molar-refractivity contribution < 1.29 is 23.9 Å². The fraction of sp³-hybridized carbons (Fsp3) is 0.294. The number of carbonyl (C=O) groups is 3. The molecule has 146 valence electrons. The average molecular weight is 420 g/mol. The summed E-state index contributed by atoms with van der Waals surface area (Å²) in [6.45, 7) is 3.54. The van der Waals surface area contributed by atoms with E-state index in [1.165, 1.54) is 18.4 Å². The van der Waals surface area contributed by atoms with E-state index in [1.807, 2.05) is 0 Å². The van der Waals surface area contributed by atoms with Crippen molar-refractivity contribution in [2.45, 2.75) is 20.4 Å². The molecular weight excluding hydrogens is 404 g/mol. The number of thiazole rings is 1. The van der Waals surface area contributed by atoms with Gasteiger partial charge in [-0.05, 0) is 43.6 Å². The van der Waals surface area contributed by atoms with Crippen LogP contribution in [0.15, 0.2) is 23.2 Å². The number of nitrogens with zero attached hydrogens (tertiary/aromatic N) is 4. The molecular formula is C17H16N4O5S2. The Labute approximate surface area is 167 Å². The second kappa shape index (κ2) is 8.40. The maximum atomic E-state index is 12.5. The minimum atomic E-state index is -0.497. The number of hydrogen-bond acceptors (Lipinski definition) is 9. The molecule has 2 heterocycles. The number of aromatic nitrogens is 3. The Morgan fingerprint density at radius 3 is 2.71 bits per heavy atom. The highest BCUT2D eigenvalue weighted by atomic mass is 32.1. The van der Waals surface area contributed by atoms with Gasteiger partial charge in [0.05, 0.1) is 35.2 Å². The molecule has 3 aromatic rings. The lowest BCUT2D eigenvalue weighted by Gasteiger charge is -2.05. The summed E-state index contributed by atoms with van der Waals surface area (Å²) in [5.41, 5.74) is 1.51. The van der Waals surface area contributed by atoms with Gasteiger partial charge in [-0.25, -0.2) is 4.79 Å². The second-order valence-corrected chi connectivity index (χ2v) is 7.32. The maximum Gasteiger partial charge on any atom is 0.338 e. The zero-order valence-corrected chi connectivity index (χ0v) is 16.9. The van der Waals surface area contributed by atoms with E-state index in [0.717, 1.165) is 11.5 Å². The van der Waals surface area contributed by atoms with Crippen LogP contribution in [0, 0.1) is 6.92 Å². The molecule has 0 atom stereocenters. The second-order valence-electron chi connectivity index (χ2n) is 5.55. The van der Waals surface area contributed by atoms with Crippen LogP contribution in [-0.2, 0) is 20.8 Å². The van der Waals surface area contributed by atoms with Crippen molar-refractivity contribution in [3.05, 3.63) is 39.1 Å². The fourth-order valence-electron chi connectivity index (χ4n) is 2.41. The third-order valence-corrected chi connectivity index (χ3v) is 5.61. The fourth-order valence-corrected chi connectivity index (χ4v) is 4.02. The zero-order chi connectivity index (χ0) is 20.3. The van der Waals surface area contributed by atoms with Crippen molar-refractivity contribution in [3.63, 3.8) is 0 Å². The van der Waals surface area contributed by atoms with Gasteiger partial charge in [0.15, 0.2) is 4.80 Å². The summed E-state index contributed by atoms with van der Waals surface area (Å²) < 4.78 is 15.8. The van der Waals surface area contributed by atoms with Gasteiger partial charge in [-0.2, -0.15) is 4.99 Å². The van der Waals surface area contributed by atoms with E-state index in [1.54, 1.807) is 36.6 Å². The van der Waals surface area contributed by atoms with Crippen molar-refractivity contribution in [1.29, 1.82) is 0 Å². The Bertz CT molecular complexity index is 1130. The molecule has 11 heteroatoms. The third kappa shape index (κ3) is 3.99. The number of rotatable bonds is 5. The average Bonchev–Trinajstić information content (AvgIpc) is 3.25. The normalized spacial score (nSPS) is 11.6. The topological polar surface area (TPSA) is 113 Å². The Morgan fingerprint density at radius 1 is 1.29 bits per heavy atom. The highest BCUT2D eigenvalue weighted by Crippen LogP contribution is 2.20. The SMILES string of the molecule is CCOC(=O)c1ccc2c(c1)sc(=NC(=O)c1snnc1C)n2CC(=O)OC. The van der Waals surface area contributed by atoms with E-state index in [2.05, 4.69) is 14.6 Å². The first-order valence-corrected chi connectivity index (χ1v) is 9.79. The maximum absolute atomic E-state index is 12.5. The summed E-state index contributed by atoms with van der Waals surface area (Å²) in [4.78, 5) is 41.1. The van der Waals surface area contributed by atoms with E-state index >= 15 is 0 Å². The number of methoxy groups -OCH3 is 1. The van der Waals surface area contributed by atoms with Crippen LogP contribution in [0.25, 0.3) is 10.2 Å². The number of fused-ring (bicyclic) bond motifs is 1. The molecule has 0 unspecified atom stereocenters. The summed E-state index contributed by atoms with van der Waals surface area (Å²) in [6.07, 6.45) is 0. The van der Waals surface area contributed by atoms with E-state index in [9.17, 15) is 14.4 Å². The van der Waals surface area contributed by atoms with Crippen molar-refractivity contribution in [2.24, 2.45) is 4.99 Å². The molecule has 0 spiro atoms. The third-order valence-electron chi connectivity index (χ3n) is 3.75. The monoisotopic (exact) mass is 420 g/mol. The van der Waals surface area contributed by atoms with Gasteiger partial charge in [-0.1, -0.05) is 15.8 Å². The van der Waals surface area contributed by atoms with Crippen molar-refractivity contribution in [2.75, 3.05) is 13.7 Å². The summed E-state index contributed by atoms with van der Waals surface area (Å²) in [5.74, 6) is -1.43. The Hall–Kier alpha value is -2.92. The van der Waals surface area contributed by atoms with Gasteiger partial charge in [0, 0.05) is 0 Å². The molecule has 0 aliphatic rings. The molecule has 0 N–H and O–H groups in total. The van der Waals surface area contributed by atoms with E-state index in [4.69, 9.17) is 9.47 Å². The van der Waals surface area contributed by atoms with Crippen LogP contribution in [0.2, 0.25) is 0 Å². The van der Waals surface area contributed by atoms with Gasteiger partial charge in [-0.15, -0.1) is 5.10 Å². The predicted octanol–water partition coefficient (Wildman–Crippen LogP) is 1.95. The Kier molecular flexibility index (Phi) is 5.95. The minimum Gasteiger partial charge on any atom is -0.468 e. The largest absolute Gasteiger partial charge is 0.468 e. The van der Waals surface area contributed by atoms with Crippen LogP contribution < -0.4 is 4.80 Å². The molecule has 1 amide bonds. The first kappa shape index (κ1) is 19.8. The smallest absolute Gasteiger partial charge is 0.338 e. The van der Waals surface area contributed by atoms with Crippen LogP contribution in [0.4, 0.5) is 0 Å². The minimum absolute atomic E-state index is 0.124. The van der Waals surface area contributed by atoms with Crippen LogP contribution in [0.5, 0.6) is 0 Å². The molecule has 2 aromatic heterocycles. The molecule has 28 heavy (non-hydrogen) atoms. The molecule has 0 aliphatic carbocycles. The zero-order valence-electron chi connectivity index (χ0n) is 15.3. The summed E-state index contributed by atoms with van der Waals surface area (Å²) >= 11 is 2.14. The molecule has 0 bridgehead atoms. The molecule has 3 rings (SSSR count). The predicted molar refractivity (Wildman–Crippen MR) is 102 cm³/mol.